The van der Waals surface area contributed by atoms with E-state index < -0.39 is 17.9 Å². The number of aromatic nitrogens is 2. The van der Waals surface area contributed by atoms with Crippen LogP contribution in [0, 0.1) is 5.82 Å². The van der Waals surface area contributed by atoms with Crippen LogP contribution in [0.2, 0.25) is 0 Å². The molecule has 1 atom stereocenters. The second-order valence-electron chi connectivity index (χ2n) is 6.50. The molecular weight excluding hydrogens is 379 g/mol. The van der Waals surface area contributed by atoms with Gasteiger partial charge in [-0.2, -0.15) is 5.10 Å². The maximum absolute atomic E-state index is 13.2. The summed E-state index contributed by atoms with van der Waals surface area (Å²) in [7, 11) is 0. The highest BCUT2D eigenvalue weighted by molar-refractivity contribution is 6.03. The van der Waals surface area contributed by atoms with Crippen LogP contribution in [0.15, 0.2) is 54.7 Å². The summed E-state index contributed by atoms with van der Waals surface area (Å²) in [5.74, 6) is -2.03. The van der Waals surface area contributed by atoms with Gasteiger partial charge in [-0.05, 0) is 35.9 Å². The number of carbonyl (C=O) groups excluding carboxylic acids is 2. The number of rotatable bonds is 4. The zero-order valence-corrected chi connectivity index (χ0v) is 14.9. The number of hydrogen-bond donors (Lipinski definition) is 3. The van der Waals surface area contributed by atoms with Crippen molar-refractivity contribution in [1.82, 2.24) is 9.78 Å². The number of hydrogen-bond acceptors (Lipinski definition) is 4. The highest BCUT2D eigenvalue weighted by atomic mass is 19.1. The first-order valence-electron chi connectivity index (χ1n) is 8.70. The Morgan fingerprint density at radius 1 is 1.21 bits per heavy atom. The molecular formula is C20H15FN4O4. The van der Waals surface area contributed by atoms with E-state index in [0.29, 0.717) is 22.6 Å². The second kappa shape index (κ2) is 7.19. The normalized spacial score (nSPS) is 15.3. The smallest absolute Gasteiger partial charge is 0.335 e. The van der Waals surface area contributed by atoms with Gasteiger partial charge in [0.25, 0.3) is 0 Å². The fraction of sp³-hybridized carbons (Fsp3) is 0.100. The summed E-state index contributed by atoms with van der Waals surface area (Å²) < 4.78 is 14.6. The van der Waals surface area contributed by atoms with Crippen LogP contribution in [0.5, 0.6) is 0 Å². The Hall–Kier alpha value is -4.01. The molecule has 2 amide bonds. The number of carboxylic acids is 1. The lowest BCUT2D eigenvalue weighted by Gasteiger charge is -2.24. The van der Waals surface area contributed by atoms with Gasteiger partial charge in [0.15, 0.2) is 0 Å². The van der Waals surface area contributed by atoms with E-state index in [-0.39, 0.29) is 23.7 Å². The van der Waals surface area contributed by atoms with Gasteiger partial charge in [0.1, 0.15) is 17.7 Å². The fourth-order valence-corrected chi connectivity index (χ4v) is 3.17. The lowest BCUT2D eigenvalue weighted by Crippen LogP contribution is -2.35. The largest absolute Gasteiger partial charge is 0.478 e. The van der Waals surface area contributed by atoms with Crippen molar-refractivity contribution < 1.29 is 23.9 Å². The predicted molar refractivity (Wildman–Crippen MR) is 102 cm³/mol. The molecule has 1 unspecified atom stereocenters. The number of carboxylic acid groups (broad SMARTS) is 1. The standard InChI is InChI=1S/C20H15FN4O4/c21-13-6-4-11(5-7-13)15-10-22-25-16(9-17(26)24-18(15)25)19(27)23-14-3-1-2-12(8-14)20(28)29/h1-8,10,16H,9H2,(H,23,27)(H,24,26)(H,28,29). The molecule has 1 aromatic heterocycles. The Labute approximate surface area is 164 Å². The van der Waals surface area contributed by atoms with Crippen molar-refractivity contribution in [3.63, 3.8) is 0 Å². The molecule has 0 spiro atoms. The quantitative estimate of drug-likeness (QED) is 0.630. The molecule has 2 aromatic carbocycles. The average Bonchev–Trinajstić information content (AvgIpc) is 3.11. The van der Waals surface area contributed by atoms with E-state index in [1.807, 2.05) is 0 Å². The van der Waals surface area contributed by atoms with E-state index in [0.717, 1.165) is 0 Å². The van der Waals surface area contributed by atoms with E-state index >= 15 is 0 Å². The molecule has 0 aliphatic carbocycles. The van der Waals surface area contributed by atoms with Crippen molar-refractivity contribution in [2.75, 3.05) is 10.6 Å². The van der Waals surface area contributed by atoms with Gasteiger partial charge in [-0.1, -0.05) is 18.2 Å². The first kappa shape index (κ1) is 18.4. The molecule has 0 fully saturated rings. The summed E-state index contributed by atoms with van der Waals surface area (Å²) in [6.07, 6.45) is 1.38. The van der Waals surface area contributed by atoms with Crippen LogP contribution in [0.25, 0.3) is 11.1 Å². The van der Waals surface area contributed by atoms with Crippen LogP contribution in [0.3, 0.4) is 0 Å². The van der Waals surface area contributed by atoms with E-state index in [4.69, 9.17) is 5.11 Å². The number of benzene rings is 2. The minimum atomic E-state index is -1.11. The number of aromatic carboxylic acids is 1. The van der Waals surface area contributed by atoms with Crippen LogP contribution in [0.1, 0.15) is 22.8 Å². The SMILES string of the molecule is O=C1CC(C(=O)Nc2cccc(C(=O)O)c2)n2ncc(-c3ccc(F)cc3)c2N1. The second-order valence-corrected chi connectivity index (χ2v) is 6.50. The van der Waals surface area contributed by atoms with Gasteiger partial charge in [-0.15, -0.1) is 0 Å². The Bertz CT molecular complexity index is 1120. The minimum Gasteiger partial charge on any atom is -0.478 e. The topological polar surface area (TPSA) is 113 Å². The molecule has 4 rings (SSSR count). The van der Waals surface area contributed by atoms with Crippen LogP contribution >= 0.6 is 0 Å². The Morgan fingerprint density at radius 3 is 2.69 bits per heavy atom. The summed E-state index contributed by atoms with van der Waals surface area (Å²) in [6, 6.07) is 10.6. The molecule has 3 aromatic rings. The number of fused-ring (bicyclic) bond motifs is 1. The molecule has 3 N–H and O–H groups in total. The lowest BCUT2D eigenvalue weighted by atomic mass is 10.1. The van der Waals surface area contributed by atoms with Crippen LogP contribution in [-0.2, 0) is 9.59 Å². The summed E-state index contributed by atoms with van der Waals surface area (Å²) in [4.78, 5) is 36.1. The van der Waals surface area contributed by atoms with Crippen LogP contribution in [0.4, 0.5) is 15.9 Å². The molecule has 8 nitrogen and oxygen atoms in total. The molecule has 1 aliphatic heterocycles. The molecule has 29 heavy (non-hydrogen) atoms. The highest BCUT2D eigenvalue weighted by Crippen LogP contribution is 2.34. The molecule has 1 aliphatic rings. The third-order valence-electron chi connectivity index (χ3n) is 4.56. The zero-order valence-electron chi connectivity index (χ0n) is 14.9. The van der Waals surface area contributed by atoms with Crippen molar-refractivity contribution in [1.29, 1.82) is 0 Å². The Kier molecular flexibility index (Phi) is 4.55. The third-order valence-corrected chi connectivity index (χ3v) is 4.56. The van der Waals surface area contributed by atoms with E-state index in [1.165, 1.54) is 41.2 Å². The van der Waals surface area contributed by atoms with Gasteiger partial charge >= 0.3 is 5.97 Å². The van der Waals surface area contributed by atoms with E-state index in [9.17, 15) is 18.8 Å². The van der Waals surface area contributed by atoms with Crippen molar-refractivity contribution in [3.05, 3.63) is 66.1 Å². The number of carbonyl (C=O) groups is 3. The summed E-state index contributed by atoms with van der Waals surface area (Å²) in [6.45, 7) is 0. The molecule has 2 heterocycles. The fourth-order valence-electron chi connectivity index (χ4n) is 3.17. The number of anilines is 2. The summed E-state index contributed by atoms with van der Waals surface area (Å²) in [5, 5.41) is 18.7. The molecule has 0 saturated heterocycles. The summed E-state index contributed by atoms with van der Waals surface area (Å²) in [5.41, 5.74) is 1.53. The van der Waals surface area contributed by atoms with Crippen molar-refractivity contribution in [3.8, 4) is 11.1 Å². The van der Waals surface area contributed by atoms with Gasteiger partial charge in [0.2, 0.25) is 11.8 Å². The molecule has 9 heteroatoms. The van der Waals surface area contributed by atoms with Gasteiger partial charge in [-0.3, -0.25) is 9.59 Å². The molecule has 0 bridgehead atoms. The Balaban J connectivity index is 1.64. The maximum Gasteiger partial charge on any atom is 0.335 e. The molecule has 0 radical (unpaired) electrons. The van der Waals surface area contributed by atoms with Gasteiger partial charge in [0, 0.05) is 11.3 Å². The lowest BCUT2D eigenvalue weighted by molar-refractivity contribution is -0.125. The molecule has 146 valence electrons. The number of nitrogens with zero attached hydrogens (tertiary/aromatic N) is 2. The van der Waals surface area contributed by atoms with E-state index in [1.54, 1.807) is 18.2 Å². The highest BCUT2D eigenvalue weighted by Gasteiger charge is 2.33. The van der Waals surface area contributed by atoms with Crippen molar-refractivity contribution in [2.45, 2.75) is 12.5 Å². The maximum atomic E-state index is 13.2. The van der Waals surface area contributed by atoms with E-state index in [2.05, 4.69) is 15.7 Å². The van der Waals surface area contributed by atoms with Gasteiger partial charge in [0.05, 0.1) is 18.2 Å². The van der Waals surface area contributed by atoms with Crippen LogP contribution in [-0.4, -0.2) is 32.7 Å². The number of nitrogens with one attached hydrogen (secondary N) is 2. The minimum absolute atomic E-state index is 0.0301. The first-order chi connectivity index (χ1) is 13.9. The number of halogens is 1. The van der Waals surface area contributed by atoms with Gasteiger partial charge in [-0.25, -0.2) is 13.9 Å². The van der Waals surface area contributed by atoms with Crippen molar-refractivity contribution >= 4 is 29.3 Å². The predicted octanol–water partition coefficient (Wildman–Crippen LogP) is 2.91. The van der Waals surface area contributed by atoms with Crippen molar-refractivity contribution in [2.24, 2.45) is 0 Å². The monoisotopic (exact) mass is 394 g/mol. The Morgan fingerprint density at radius 2 is 1.97 bits per heavy atom. The zero-order chi connectivity index (χ0) is 20.5. The first-order valence-corrected chi connectivity index (χ1v) is 8.70. The summed E-state index contributed by atoms with van der Waals surface area (Å²) >= 11 is 0. The average molecular weight is 394 g/mol. The van der Waals surface area contributed by atoms with Crippen LogP contribution < -0.4 is 10.6 Å². The molecule has 0 saturated carbocycles. The third kappa shape index (κ3) is 3.57. The van der Waals surface area contributed by atoms with Gasteiger partial charge < -0.3 is 15.7 Å². The number of amides is 2.